The molecule has 0 radical (unpaired) electrons. The third-order valence-corrected chi connectivity index (χ3v) is 2.80. The molecule has 0 saturated carbocycles. The molecule has 0 spiro atoms. The van der Waals surface area contributed by atoms with Gasteiger partial charge in [0.15, 0.2) is 0 Å². The number of hydrogen-bond acceptors (Lipinski definition) is 5. The maximum atomic E-state index is 10.7. The maximum Gasteiger partial charge on any atom is 0.429 e. The number of unbranched alkanes of at least 4 members (excludes halogenated alkanes) is 2. The first kappa shape index (κ1) is 20.3. The summed E-state index contributed by atoms with van der Waals surface area (Å²) in [7, 11) is 0. The van der Waals surface area contributed by atoms with Crippen LogP contribution in [0.25, 0.3) is 0 Å². The Kier molecular flexibility index (Phi) is 16.9. The fraction of sp³-hybridized carbons (Fsp3) is 0.917. The summed E-state index contributed by atoms with van der Waals surface area (Å²) in [5.41, 5.74) is 0. The quantitative estimate of drug-likeness (QED) is 0.555. The number of nitrogens with zero attached hydrogens (tertiary/aromatic N) is 2. The van der Waals surface area contributed by atoms with Crippen molar-refractivity contribution in [3.8, 4) is 0 Å². The Hall–Kier alpha value is -0.0700. The molecule has 4 nitrogen and oxygen atoms in total. The van der Waals surface area contributed by atoms with Crippen LogP contribution >= 0.6 is 25.6 Å². The molecule has 0 rings (SSSR count). The summed E-state index contributed by atoms with van der Waals surface area (Å²) in [6.07, 6.45) is 2.57. The van der Waals surface area contributed by atoms with Crippen LogP contribution in [-0.2, 0) is 4.74 Å². The van der Waals surface area contributed by atoms with Crippen LogP contribution in [0.2, 0.25) is 0 Å². The molecule has 0 aromatic carbocycles. The molecule has 0 fully saturated rings. The van der Waals surface area contributed by atoms with Crippen molar-refractivity contribution in [2.24, 2.45) is 0 Å². The molecule has 0 unspecified atom stereocenters. The van der Waals surface area contributed by atoms with Gasteiger partial charge in [-0.05, 0) is 51.7 Å². The zero-order valence-electron chi connectivity index (χ0n) is 12.1. The SMILES string of the molecule is CCCCCOC(=O)N(S)S.CCN(CC)CC. The minimum atomic E-state index is -0.521. The van der Waals surface area contributed by atoms with Gasteiger partial charge >= 0.3 is 6.09 Å². The van der Waals surface area contributed by atoms with Crippen molar-refractivity contribution in [3.63, 3.8) is 0 Å². The molecule has 0 bridgehead atoms. The van der Waals surface area contributed by atoms with Crippen LogP contribution < -0.4 is 0 Å². The third-order valence-electron chi connectivity index (χ3n) is 2.48. The number of rotatable bonds is 7. The van der Waals surface area contributed by atoms with Gasteiger partial charge in [-0.25, -0.2) is 4.79 Å². The number of amides is 1. The van der Waals surface area contributed by atoms with Crippen LogP contribution in [0.5, 0.6) is 0 Å². The number of hydrogen-bond donors (Lipinski definition) is 2. The van der Waals surface area contributed by atoms with Gasteiger partial charge in [0.1, 0.15) is 0 Å². The summed E-state index contributed by atoms with van der Waals surface area (Å²) >= 11 is 7.28. The summed E-state index contributed by atoms with van der Waals surface area (Å²) in [5.74, 6) is 0. The Balaban J connectivity index is 0. The van der Waals surface area contributed by atoms with Crippen molar-refractivity contribution in [1.82, 2.24) is 8.61 Å². The lowest BCUT2D eigenvalue weighted by atomic mass is 10.3. The van der Waals surface area contributed by atoms with Gasteiger partial charge in [0.25, 0.3) is 0 Å². The molecule has 110 valence electrons. The highest BCUT2D eigenvalue weighted by Gasteiger charge is 2.04. The largest absolute Gasteiger partial charge is 0.448 e. The topological polar surface area (TPSA) is 32.8 Å². The second-order valence-corrected chi connectivity index (χ2v) is 4.85. The monoisotopic (exact) mass is 296 g/mol. The Bertz CT molecular complexity index is 183. The van der Waals surface area contributed by atoms with E-state index in [2.05, 4.69) is 58.2 Å². The van der Waals surface area contributed by atoms with Crippen LogP contribution in [0.15, 0.2) is 0 Å². The summed E-state index contributed by atoms with van der Waals surface area (Å²) in [6, 6.07) is 0. The summed E-state index contributed by atoms with van der Waals surface area (Å²) in [4.78, 5) is 13.0. The van der Waals surface area contributed by atoms with Gasteiger partial charge in [-0.15, -0.1) is 0 Å². The normalized spacial score (nSPS) is 9.72. The van der Waals surface area contributed by atoms with Crippen molar-refractivity contribution >= 4 is 31.7 Å². The van der Waals surface area contributed by atoms with Gasteiger partial charge < -0.3 is 9.64 Å². The molecule has 0 aliphatic rings. The highest BCUT2D eigenvalue weighted by Crippen LogP contribution is 2.02. The van der Waals surface area contributed by atoms with E-state index in [9.17, 15) is 4.79 Å². The van der Waals surface area contributed by atoms with E-state index in [1.165, 1.54) is 19.6 Å². The van der Waals surface area contributed by atoms with Gasteiger partial charge in [0, 0.05) is 0 Å². The maximum absolute atomic E-state index is 10.7. The van der Waals surface area contributed by atoms with E-state index < -0.39 is 6.09 Å². The molecule has 0 aromatic heterocycles. The third kappa shape index (κ3) is 14.0. The van der Waals surface area contributed by atoms with Crippen molar-refractivity contribution < 1.29 is 9.53 Å². The first-order chi connectivity index (χ1) is 8.53. The van der Waals surface area contributed by atoms with E-state index in [1.807, 2.05) is 0 Å². The van der Waals surface area contributed by atoms with E-state index in [4.69, 9.17) is 4.74 Å². The van der Waals surface area contributed by atoms with Crippen molar-refractivity contribution in [2.75, 3.05) is 26.2 Å². The van der Waals surface area contributed by atoms with E-state index >= 15 is 0 Å². The molecule has 0 N–H and O–H groups in total. The van der Waals surface area contributed by atoms with Crippen molar-refractivity contribution in [2.45, 2.75) is 47.0 Å². The van der Waals surface area contributed by atoms with Crippen molar-refractivity contribution in [3.05, 3.63) is 0 Å². The minimum absolute atomic E-state index is 0.449. The van der Waals surface area contributed by atoms with Crippen LogP contribution in [0.4, 0.5) is 4.79 Å². The summed E-state index contributed by atoms with van der Waals surface area (Å²) < 4.78 is 5.57. The second-order valence-electron chi connectivity index (χ2n) is 3.73. The first-order valence-electron chi connectivity index (χ1n) is 6.60. The lowest BCUT2D eigenvalue weighted by molar-refractivity contribution is 0.140. The zero-order chi connectivity index (χ0) is 14.4. The predicted molar refractivity (Wildman–Crippen MR) is 84.1 cm³/mol. The van der Waals surface area contributed by atoms with Gasteiger partial charge in [-0.2, -0.15) is 3.71 Å². The molecule has 0 saturated heterocycles. The smallest absolute Gasteiger partial charge is 0.429 e. The fourth-order valence-electron chi connectivity index (χ4n) is 1.24. The minimum Gasteiger partial charge on any atom is -0.448 e. The molecule has 0 aliphatic heterocycles. The molecule has 18 heavy (non-hydrogen) atoms. The molecule has 0 aromatic rings. The molecule has 0 atom stereocenters. The Morgan fingerprint density at radius 3 is 1.78 bits per heavy atom. The van der Waals surface area contributed by atoms with E-state index in [0.717, 1.165) is 23.0 Å². The number of carbonyl (C=O) groups is 1. The Morgan fingerprint density at radius 1 is 1.00 bits per heavy atom. The lowest BCUT2D eigenvalue weighted by Gasteiger charge is -2.13. The average Bonchev–Trinajstić information content (AvgIpc) is 2.37. The Labute approximate surface area is 123 Å². The summed E-state index contributed by atoms with van der Waals surface area (Å²) in [5, 5.41) is 0. The first-order valence-corrected chi connectivity index (χ1v) is 7.40. The van der Waals surface area contributed by atoms with Gasteiger partial charge in [0.2, 0.25) is 0 Å². The fourth-order valence-corrected chi connectivity index (χ4v) is 1.36. The van der Waals surface area contributed by atoms with Crippen LogP contribution in [0, 0.1) is 0 Å². The molecule has 0 heterocycles. The standard InChI is InChI=1S/C6H13NO2S2.C6H15N/c1-2-3-4-5-9-6(8)7(10)11;1-4-7(5-2)6-3/h10-11H,2-5H2,1H3;4-6H2,1-3H3. The highest BCUT2D eigenvalue weighted by molar-refractivity contribution is 7.94. The van der Waals surface area contributed by atoms with Crippen LogP contribution in [0.1, 0.15) is 47.0 Å². The summed E-state index contributed by atoms with van der Waals surface area (Å²) in [6.45, 7) is 12.7. The van der Waals surface area contributed by atoms with E-state index in [0.29, 0.717) is 6.61 Å². The molecule has 0 aliphatic carbocycles. The molecular formula is C12H28N2O2S2. The number of carbonyl (C=O) groups excluding carboxylic acids is 1. The van der Waals surface area contributed by atoms with Crippen molar-refractivity contribution in [1.29, 1.82) is 0 Å². The van der Waals surface area contributed by atoms with E-state index in [1.54, 1.807) is 0 Å². The molecule has 6 heteroatoms. The van der Waals surface area contributed by atoms with Gasteiger partial charge in [-0.1, -0.05) is 40.5 Å². The van der Waals surface area contributed by atoms with Crippen LogP contribution in [0.3, 0.4) is 0 Å². The average molecular weight is 297 g/mol. The molecule has 1 amide bonds. The number of thiol groups is 2. The Morgan fingerprint density at radius 2 is 1.50 bits per heavy atom. The van der Waals surface area contributed by atoms with E-state index in [-0.39, 0.29) is 0 Å². The predicted octanol–water partition coefficient (Wildman–Crippen LogP) is 3.65. The number of ether oxygens (including phenoxy) is 1. The van der Waals surface area contributed by atoms with Gasteiger partial charge in [-0.3, -0.25) is 0 Å². The molecular weight excluding hydrogens is 268 g/mol. The van der Waals surface area contributed by atoms with Crippen LogP contribution in [-0.4, -0.2) is 40.9 Å². The zero-order valence-corrected chi connectivity index (χ0v) is 13.8. The highest BCUT2D eigenvalue weighted by atomic mass is 32.2. The van der Waals surface area contributed by atoms with Gasteiger partial charge in [0.05, 0.1) is 6.61 Å². The lowest BCUT2D eigenvalue weighted by Crippen LogP contribution is -2.21. The second kappa shape index (κ2) is 15.0.